The van der Waals surface area contributed by atoms with Gasteiger partial charge in [0.2, 0.25) is 5.91 Å². The maximum atomic E-state index is 12.1. The highest BCUT2D eigenvalue weighted by Gasteiger charge is 2.34. The summed E-state index contributed by atoms with van der Waals surface area (Å²) in [4.78, 5) is 14.0. The van der Waals surface area contributed by atoms with E-state index in [0.29, 0.717) is 0 Å². The van der Waals surface area contributed by atoms with Crippen molar-refractivity contribution in [1.82, 2.24) is 10.2 Å². The van der Waals surface area contributed by atoms with Crippen molar-refractivity contribution in [2.45, 2.75) is 25.8 Å². The van der Waals surface area contributed by atoms with Gasteiger partial charge in [-0.25, -0.2) is 0 Å². The van der Waals surface area contributed by atoms with Crippen LogP contribution in [-0.2, 0) is 11.2 Å². The van der Waals surface area contributed by atoms with E-state index in [-0.39, 0.29) is 5.91 Å². The van der Waals surface area contributed by atoms with Gasteiger partial charge < -0.3 is 10.2 Å². The largest absolute Gasteiger partial charge is 0.340 e. The second-order valence-corrected chi connectivity index (χ2v) is 5.51. The van der Waals surface area contributed by atoms with Crippen molar-refractivity contribution in [2.75, 3.05) is 19.6 Å². The Labute approximate surface area is 100 Å². The minimum absolute atomic E-state index is 0.217. The molecule has 4 heteroatoms. The predicted molar refractivity (Wildman–Crippen MR) is 66.7 cm³/mol. The van der Waals surface area contributed by atoms with Crippen LogP contribution in [0.3, 0.4) is 0 Å². The molecule has 2 heterocycles. The van der Waals surface area contributed by atoms with Gasteiger partial charge in [0.25, 0.3) is 0 Å². The van der Waals surface area contributed by atoms with Crippen LogP contribution in [0, 0.1) is 0 Å². The van der Waals surface area contributed by atoms with E-state index < -0.39 is 5.54 Å². The van der Waals surface area contributed by atoms with Crippen LogP contribution in [0.25, 0.3) is 0 Å². The second kappa shape index (κ2) is 4.55. The van der Waals surface area contributed by atoms with Crippen molar-refractivity contribution < 1.29 is 4.79 Å². The maximum Gasteiger partial charge on any atom is 0.242 e. The first-order valence-electron chi connectivity index (χ1n) is 5.65. The number of nitrogens with zero attached hydrogens (tertiary/aromatic N) is 1. The summed E-state index contributed by atoms with van der Waals surface area (Å²) in [5.41, 5.74) is 0.932. The lowest BCUT2D eigenvalue weighted by atomic mass is 10.0. The monoisotopic (exact) mass is 238 g/mol. The third-order valence-electron chi connectivity index (χ3n) is 3.02. The second-order valence-electron chi connectivity index (χ2n) is 4.73. The summed E-state index contributed by atoms with van der Waals surface area (Å²) in [7, 11) is 0. The van der Waals surface area contributed by atoms with Gasteiger partial charge in [-0.15, -0.1) is 0 Å². The van der Waals surface area contributed by atoms with E-state index in [9.17, 15) is 4.79 Å². The molecule has 1 amide bonds. The van der Waals surface area contributed by atoms with Gasteiger partial charge in [0.15, 0.2) is 0 Å². The van der Waals surface area contributed by atoms with E-state index in [1.54, 1.807) is 11.3 Å². The summed E-state index contributed by atoms with van der Waals surface area (Å²) in [5, 5.41) is 7.47. The summed E-state index contributed by atoms with van der Waals surface area (Å²) < 4.78 is 0. The molecule has 1 N–H and O–H groups in total. The number of hydrogen-bond acceptors (Lipinski definition) is 3. The van der Waals surface area contributed by atoms with Crippen LogP contribution in [0.5, 0.6) is 0 Å². The van der Waals surface area contributed by atoms with Crippen molar-refractivity contribution in [2.24, 2.45) is 0 Å². The molecule has 0 aromatic carbocycles. The Morgan fingerprint density at radius 1 is 1.56 bits per heavy atom. The molecule has 0 bridgehead atoms. The first-order chi connectivity index (χ1) is 7.59. The van der Waals surface area contributed by atoms with Crippen LogP contribution in [0.1, 0.15) is 19.4 Å². The van der Waals surface area contributed by atoms with Crippen LogP contribution < -0.4 is 5.32 Å². The van der Waals surface area contributed by atoms with Gasteiger partial charge in [0.05, 0.1) is 5.54 Å². The number of carbonyl (C=O) groups is 1. The number of thiophene rings is 1. The number of nitrogens with one attached hydrogen (secondary N) is 1. The van der Waals surface area contributed by atoms with Gasteiger partial charge in [0, 0.05) is 19.6 Å². The predicted octanol–water partition coefficient (Wildman–Crippen LogP) is 1.50. The standard InChI is InChI=1S/C12H18N2OS/c1-12(2)11(15)14(7-5-13-12)6-3-10-4-8-16-9-10/h4,8-9,13H,3,5-7H2,1-2H3. The van der Waals surface area contributed by atoms with Crippen LogP contribution in [0.2, 0.25) is 0 Å². The fourth-order valence-electron chi connectivity index (χ4n) is 1.99. The summed E-state index contributed by atoms with van der Waals surface area (Å²) in [6, 6.07) is 2.13. The fourth-order valence-corrected chi connectivity index (χ4v) is 2.69. The Morgan fingerprint density at radius 2 is 2.38 bits per heavy atom. The molecule has 0 saturated carbocycles. The van der Waals surface area contributed by atoms with E-state index in [4.69, 9.17) is 0 Å². The maximum absolute atomic E-state index is 12.1. The summed E-state index contributed by atoms with van der Waals surface area (Å²) >= 11 is 1.71. The van der Waals surface area contributed by atoms with Crippen LogP contribution in [-0.4, -0.2) is 36.0 Å². The van der Waals surface area contributed by atoms with E-state index in [2.05, 4.69) is 22.1 Å². The van der Waals surface area contributed by atoms with E-state index in [0.717, 1.165) is 26.1 Å². The minimum Gasteiger partial charge on any atom is -0.340 e. The van der Waals surface area contributed by atoms with Gasteiger partial charge in [-0.2, -0.15) is 11.3 Å². The third-order valence-corrected chi connectivity index (χ3v) is 3.75. The molecule has 1 fully saturated rings. The first kappa shape index (κ1) is 11.6. The van der Waals surface area contributed by atoms with Crippen molar-refractivity contribution >= 4 is 17.2 Å². The van der Waals surface area contributed by atoms with E-state index in [1.165, 1.54) is 5.56 Å². The zero-order chi connectivity index (χ0) is 11.6. The zero-order valence-electron chi connectivity index (χ0n) is 9.82. The molecule has 1 aromatic rings. The Morgan fingerprint density at radius 3 is 3.06 bits per heavy atom. The third kappa shape index (κ3) is 2.44. The Bertz CT molecular complexity index is 359. The lowest BCUT2D eigenvalue weighted by Gasteiger charge is -2.38. The quantitative estimate of drug-likeness (QED) is 0.865. The molecule has 0 spiro atoms. The highest BCUT2D eigenvalue weighted by Crippen LogP contribution is 2.14. The normalized spacial score (nSPS) is 20.1. The van der Waals surface area contributed by atoms with Gasteiger partial charge >= 0.3 is 0 Å². The van der Waals surface area contributed by atoms with Crippen LogP contribution in [0.4, 0.5) is 0 Å². The van der Waals surface area contributed by atoms with Gasteiger partial charge in [-0.05, 0) is 42.7 Å². The highest BCUT2D eigenvalue weighted by atomic mass is 32.1. The number of rotatable bonds is 3. The van der Waals surface area contributed by atoms with E-state index >= 15 is 0 Å². The number of piperazine rings is 1. The Balaban J connectivity index is 1.92. The van der Waals surface area contributed by atoms with Crippen molar-refractivity contribution in [1.29, 1.82) is 0 Å². The summed E-state index contributed by atoms with van der Waals surface area (Å²) in [6.07, 6.45) is 0.964. The SMILES string of the molecule is CC1(C)NCCN(CCc2ccsc2)C1=O. The molecule has 16 heavy (non-hydrogen) atoms. The molecule has 1 aliphatic rings. The molecule has 3 nitrogen and oxygen atoms in total. The number of hydrogen-bond donors (Lipinski definition) is 1. The highest BCUT2D eigenvalue weighted by molar-refractivity contribution is 7.07. The molecule has 1 aromatic heterocycles. The molecule has 0 atom stereocenters. The van der Waals surface area contributed by atoms with Crippen molar-refractivity contribution in [3.63, 3.8) is 0 Å². The molecular formula is C12H18N2OS. The topological polar surface area (TPSA) is 32.3 Å². The Kier molecular flexibility index (Phi) is 3.30. The van der Waals surface area contributed by atoms with Gasteiger partial charge in [0.1, 0.15) is 0 Å². The number of carbonyl (C=O) groups excluding carboxylic acids is 1. The molecule has 1 saturated heterocycles. The average molecular weight is 238 g/mol. The lowest BCUT2D eigenvalue weighted by Crippen LogP contribution is -2.61. The van der Waals surface area contributed by atoms with Crippen LogP contribution in [0.15, 0.2) is 16.8 Å². The molecular weight excluding hydrogens is 220 g/mol. The molecule has 0 aliphatic carbocycles. The van der Waals surface area contributed by atoms with Crippen molar-refractivity contribution in [3.05, 3.63) is 22.4 Å². The van der Waals surface area contributed by atoms with E-state index in [1.807, 2.05) is 18.7 Å². The summed E-state index contributed by atoms with van der Waals surface area (Å²) in [6.45, 7) is 6.45. The van der Waals surface area contributed by atoms with Gasteiger partial charge in [-0.3, -0.25) is 4.79 Å². The molecule has 1 aliphatic heterocycles. The lowest BCUT2D eigenvalue weighted by molar-refractivity contribution is -0.139. The minimum atomic E-state index is -0.396. The van der Waals surface area contributed by atoms with Crippen LogP contribution >= 0.6 is 11.3 Å². The fraction of sp³-hybridized carbons (Fsp3) is 0.583. The molecule has 88 valence electrons. The van der Waals surface area contributed by atoms with Gasteiger partial charge in [-0.1, -0.05) is 0 Å². The number of amides is 1. The molecule has 2 rings (SSSR count). The summed E-state index contributed by atoms with van der Waals surface area (Å²) in [5.74, 6) is 0.217. The smallest absolute Gasteiger partial charge is 0.242 e. The Hall–Kier alpha value is -0.870. The van der Waals surface area contributed by atoms with Crippen molar-refractivity contribution in [3.8, 4) is 0 Å². The first-order valence-corrected chi connectivity index (χ1v) is 6.59. The molecule has 0 unspecified atom stereocenters. The zero-order valence-corrected chi connectivity index (χ0v) is 10.6. The molecule has 0 radical (unpaired) electrons. The average Bonchev–Trinajstić information content (AvgIpc) is 2.73.